The average Bonchev–Trinajstić information content (AvgIpc) is 2.35. The second kappa shape index (κ2) is 7.50. The zero-order valence-electron chi connectivity index (χ0n) is 12.2. The third kappa shape index (κ3) is 6.25. The molecule has 0 amide bonds. The number of aliphatic hydroxyl groups is 1. The fourth-order valence-corrected chi connectivity index (χ4v) is 1.66. The first-order chi connectivity index (χ1) is 9.31. The first-order valence-electron chi connectivity index (χ1n) is 6.66. The van der Waals surface area contributed by atoms with Gasteiger partial charge in [-0.1, -0.05) is 6.07 Å². The highest BCUT2D eigenvalue weighted by atomic mass is 19.3. The van der Waals surface area contributed by atoms with E-state index in [1.54, 1.807) is 12.3 Å². The van der Waals surface area contributed by atoms with Crippen LogP contribution < -0.4 is 10.2 Å². The predicted octanol–water partition coefficient (Wildman–Crippen LogP) is 2.03. The van der Waals surface area contributed by atoms with Gasteiger partial charge in [-0.15, -0.1) is 0 Å². The second-order valence-electron chi connectivity index (χ2n) is 5.69. The van der Waals surface area contributed by atoms with Crippen LogP contribution in [0.2, 0.25) is 0 Å². The Bertz CT molecular complexity index is 390. The number of anilines is 1. The molecule has 0 atom stereocenters. The average molecular weight is 287 g/mol. The summed E-state index contributed by atoms with van der Waals surface area (Å²) in [7, 11) is 0. The summed E-state index contributed by atoms with van der Waals surface area (Å²) in [5.74, 6) is 0.457. The second-order valence-corrected chi connectivity index (χ2v) is 5.69. The van der Waals surface area contributed by atoms with E-state index in [2.05, 4.69) is 31.1 Å². The van der Waals surface area contributed by atoms with Crippen LogP contribution in [0.3, 0.4) is 0 Å². The van der Waals surface area contributed by atoms with Crippen molar-refractivity contribution in [3.63, 3.8) is 0 Å². The zero-order valence-corrected chi connectivity index (χ0v) is 12.2. The summed E-state index contributed by atoms with van der Waals surface area (Å²) in [5, 5.41) is 12.2. The fourth-order valence-electron chi connectivity index (χ4n) is 1.66. The third-order valence-corrected chi connectivity index (χ3v) is 2.68. The van der Waals surface area contributed by atoms with Gasteiger partial charge >= 0.3 is 0 Å². The van der Waals surface area contributed by atoms with Crippen LogP contribution in [0, 0.1) is 0 Å². The molecule has 0 fully saturated rings. The van der Waals surface area contributed by atoms with Crippen molar-refractivity contribution in [2.75, 3.05) is 24.6 Å². The minimum Gasteiger partial charge on any atom is -0.395 e. The number of hydrogen-bond donors (Lipinski definition) is 2. The van der Waals surface area contributed by atoms with E-state index in [-0.39, 0.29) is 18.7 Å². The Hall–Kier alpha value is -1.27. The van der Waals surface area contributed by atoms with Crippen molar-refractivity contribution in [3.05, 3.63) is 23.9 Å². The van der Waals surface area contributed by atoms with Crippen molar-refractivity contribution < 1.29 is 13.9 Å². The summed E-state index contributed by atoms with van der Waals surface area (Å²) in [6, 6.07) is 3.56. The number of nitrogens with zero attached hydrogens (tertiary/aromatic N) is 2. The van der Waals surface area contributed by atoms with Crippen molar-refractivity contribution in [1.82, 2.24) is 10.3 Å². The van der Waals surface area contributed by atoms with Gasteiger partial charge in [-0.2, -0.15) is 0 Å². The standard InChI is InChI=1S/C14H23F2N3O/c1-14(2,3)18-9-11-4-5-13(17-8-11)19(6-7-20)10-12(15)16/h4-5,8,12,18,20H,6-7,9-10H2,1-3H3. The predicted molar refractivity (Wildman–Crippen MR) is 76.1 cm³/mol. The summed E-state index contributed by atoms with van der Waals surface area (Å²) < 4.78 is 24.9. The van der Waals surface area contributed by atoms with Crippen molar-refractivity contribution in [2.24, 2.45) is 0 Å². The van der Waals surface area contributed by atoms with Crippen molar-refractivity contribution in [3.8, 4) is 0 Å². The molecule has 0 aliphatic carbocycles. The van der Waals surface area contributed by atoms with Crippen molar-refractivity contribution >= 4 is 5.82 Å². The zero-order chi connectivity index (χ0) is 15.2. The molecule has 4 nitrogen and oxygen atoms in total. The molecule has 1 aromatic heterocycles. The highest BCUT2D eigenvalue weighted by Crippen LogP contribution is 2.13. The molecule has 0 unspecified atom stereocenters. The molecule has 0 radical (unpaired) electrons. The topological polar surface area (TPSA) is 48.4 Å². The molecule has 1 heterocycles. The minimum atomic E-state index is -2.45. The Morgan fingerprint density at radius 2 is 2.05 bits per heavy atom. The lowest BCUT2D eigenvalue weighted by Gasteiger charge is -2.23. The number of aliphatic hydroxyl groups excluding tert-OH is 1. The van der Waals surface area contributed by atoms with Gasteiger partial charge in [-0.3, -0.25) is 0 Å². The monoisotopic (exact) mass is 287 g/mol. The molecule has 1 rings (SSSR count). The van der Waals surface area contributed by atoms with Crippen LogP contribution in [0.25, 0.3) is 0 Å². The van der Waals surface area contributed by atoms with E-state index < -0.39 is 13.0 Å². The molecule has 1 aromatic rings. The maximum absolute atomic E-state index is 12.5. The first kappa shape index (κ1) is 16.8. The Morgan fingerprint density at radius 3 is 2.50 bits per heavy atom. The normalized spacial score (nSPS) is 11.9. The maximum Gasteiger partial charge on any atom is 0.255 e. The van der Waals surface area contributed by atoms with Crippen LogP contribution in [-0.2, 0) is 6.54 Å². The number of aromatic nitrogens is 1. The van der Waals surface area contributed by atoms with E-state index in [1.807, 2.05) is 6.07 Å². The van der Waals surface area contributed by atoms with Crippen LogP contribution in [-0.4, -0.2) is 41.8 Å². The largest absolute Gasteiger partial charge is 0.395 e. The van der Waals surface area contributed by atoms with Crippen molar-refractivity contribution in [2.45, 2.75) is 39.3 Å². The van der Waals surface area contributed by atoms with E-state index >= 15 is 0 Å². The van der Waals surface area contributed by atoms with Crippen LogP contribution in [0.4, 0.5) is 14.6 Å². The smallest absolute Gasteiger partial charge is 0.255 e. The molecule has 0 aliphatic heterocycles. The summed E-state index contributed by atoms with van der Waals surface area (Å²) in [5.41, 5.74) is 1.00. The Labute approximate surface area is 118 Å². The lowest BCUT2D eigenvalue weighted by Crippen LogP contribution is -2.35. The van der Waals surface area contributed by atoms with Gasteiger partial charge in [0.1, 0.15) is 5.82 Å². The maximum atomic E-state index is 12.5. The Morgan fingerprint density at radius 1 is 1.35 bits per heavy atom. The number of pyridine rings is 1. The SMILES string of the molecule is CC(C)(C)NCc1ccc(N(CCO)CC(F)F)nc1. The molecule has 6 heteroatoms. The van der Waals surface area contributed by atoms with Crippen LogP contribution >= 0.6 is 0 Å². The summed E-state index contributed by atoms with van der Waals surface area (Å²) in [6.45, 7) is 6.43. The van der Waals surface area contributed by atoms with Gasteiger partial charge in [0.15, 0.2) is 0 Å². The molecule has 0 aromatic carbocycles. The van der Waals surface area contributed by atoms with Gasteiger partial charge in [-0.05, 0) is 32.4 Å². The molecule has 2 N–H and O–H groups in total. The molecule has 0 saturated carbocycles. The summed E-state index contributed by atoms with van der Waals surface area (Å²) >= 11 is 0. The first-order valence-corrected chi connectivity index (χ1v) is 6.66. The molecular formula is C14H23F2N3O. The number of hydrogen-bond acceptors (Lipinski definition) is 4. The van der Waals surface area contributed by atoms with Gasteiger partial charge in [0.2, 0.25) is 0 Å². The highest BCUT2D eigenvalue weighted by Gasteiger charge is 2.14. The molecule has 114 valence electrons. The summed E-state index contributed by atoms with van der Waals surface area (Å²) in [4.78, 5) is 5.57. The summed E-state index contributed by atoms with van der Waals surface area (Å²) in [6.07, 6.45) is -0.783. The van der Waals surface area contributed by atoms with Crippen LogP contribution in [0.15, 0.2) is 18.3 Å². The van der Waals surface area contributed by atoms with E-state index in [9.17, 15) is 8.78 Å². The van der Waals surface area contributed by atoms with Crippen LogP contribution in [0.5, 0.6) is 0 Å². The quantitative estimate of drug-likeness (QED) is 0.805. The highest BCUT2D eigenvalue weighted by molar-refractivity contribution is 5.39. The minimum absolute atomic E-state index is 0.0112. The molecule has 0 bridgehead atoms. The number of halogens is 2. The molecule has 0 spiro atoms. The number of alkyl halides is 2. The van der Waals surface area contributed by atoms with E-state index in [0.29, 0.717) is 12.4 Å². The fraction of sp³-hybridized carbons (Fsp3) is 0.643. The number of nitrogens with one attached hydrogen (secondary N) is 1. The van der Waals surface area contributed by atoms with Crippen molar-refractivity contribution in [1.29, 1.82) is 0 Å². The van der Waals surface area contributed by atoms with Crippen LogP contribution in [0.1, 0.15) is 26.3 Å². The van der Waals surface area contributed by atoms with Gasteiger partial charge in [-0.25, -0.2) is 13.8 Å². The van der Waals surface area contributed by atoms with Gasteiger partial charge in [0.05, 0.1) is 13.2 Å². The van der Waals surface area contributed by atoms with Gasteiger partial charge in [0, 0.05) is 24.8 Å². The number of rotatable bonds is 7. The van der Waals surface area contributed by atoms with Gasteiger partial charge in [0.25, 0.3) is 6.43 Å². The lowest BCUT2D eigenvalue weighted by molar-refractivity contribution is 0.152. The molecule has 0 aliphatic rings. The van der Waals surface area contributed by atoms with Gasteiger partial charge < -0.3 is 15.3 Å². The molecule has 20 heavy (non-hydrogen) atoms. The molecular weight excluding hydrogens is 264 g/mol. The van der Waals surface area contributed by atoms with E-state index in [1.165, 1.54) is 4.90 Å². The Kier molecular flexibility index (Phi) is 6.29. The molecule has 0 saturated heterocycles. The third-order valence-electron chi connectivity index (χ3n) is 2.68. The Balaban J connectivity index is 2.67. The lowest BCUT2D eigenvalue weighted by atomic mass is 10.1. The van der Waals surface area contributed by atoms with E-state index in [0.717, 1.165) is 5.56 Å². The van der Waals surface area contributed by atoms with E-state index in [4.69, 9.17) is 5.11 Å².